The first-order valence-corrected chi connectivity index (χ1v) is 5.82. The first-order chi connectivity index (χ1) is 9.04. The van der Waals surface area contributed by atoms with Crippen molar-refractivity contribution in [3.05, 3.63) is 53.9 Å². The highest BCUT2D eigenvalue weighted by Gasteiger charge is 2.14. The number of Topliss-reactive ketones (excluding diaryl/α,β-unsaturated/α-hetero) is 2. The number of hydrogen-bond acceptors (Lipinski definition) is 3. The normalized spacial score (nSPS) is 10.4. The second-order valence-corrected chi connectivity index (χ2v) is 4.37. The predicted octanol–water partition coefficient (Wildman–Crippen LogP) is 1.94. The molecule has 0 fully saturated rings. The molecule has 0 N–H and O–H groups in total. The number of nitrogens with zero attached hydrogens (tertiary/aromatic N) is 2. The number of rotatable bonds is 5. The predicted molar refractivity (Wildman–Crippen MR) is 67.3 cm³/mol. The van der Waals surface area contributed by atoms with E-state index in [0.29, 0.717) is 5.56 Å². The Balaban J connectivity index is 1.94. The third-order valence-corrected chi connectivity index (χ3v) is 2.66. The number of aromatic nitrogens is 2. The average molecular weight is 260 g/mol. The van der Waals surface area contributed by atoms with Crippen molar-refractivity contribution in [1.82, 2.24) is 9.55 Å². The Labute approximate surface area is 109 Å². The minimum Gasteiger partial charge on any atom is -0.340 e. The molecule has 19 heavy (non-hydrogen) atoms. The minimum absolute atomic E-state index is 0.124. The lowest BCUT2D eigenvalue weighted by Crippen LogP contribution is -2.11. The van der Waals surface area contributed by atoms with E-state index >= 15 is 0 Å². The summed E-state index contributed by atoms with van der Waals surface area (Å²) in [4.78, 5) is 27.4. The third-order valence-electron chi connectivity index (χ3n) is 2.66. The molecule has 0 amide bonds. The number of halogens is 1. The molecule has 1 aromatic carbocycles. The van der Waals surface area contributed by atoms with Crippen LogP contribution in [-0.4, -0.2) is 21.1 Å². The van der Waals surface area contributed by atoms with Crippen LogP contribution < -0.4 is 0 Å². The second-order valence-electron chi connectivity index (χ2n) is 4.37. The molecule has 0 spiro atoms. The summed E-state index contributed by atoms with van der Waals surface area (Å²) in [6.45, 7) is 0. The lowest BCUT2D eigenvalue weighted by molar-refractivity contribution is -0.117. The molecule has 1 aromatic heterocycles. The van der Waals surface area contributed by atoms with Gasteiger partial charge in [0.15, 0.2) is 5.78 Å². The first kappa shape index (κ1) is 13.1. The van der Waals surface area contributed by atoms with Crippen LogP contribution in [0.4, 0.5) is 4.39 Å². The molecule has 2 rings (SSSR count). The molecule has 0 aliphatic heterocycles. The number of benzene rings is 1. The zero-order valence-corrected chi connectivity index (χ0v) is 10.5. The maximum atomic E-state index is 12.7. The second kappa shape index (κ2) is 5.56. The Morgan fingerprint density at radius 3 is 2.53 bits per heavy atom. The zero-order valence-electron chi connectivity index (χ0n) is 10.5. The maximum Gasteiger partial charge on any atom is 0.190 e. The van der Waals surface area contributed by atoms with Gasteiger partial charge in [-0.2, -0.15) is 0 Å². The van der Waals surface area contributed by atoms with Crippen molar-refractivity contribution in [1.29, 1.82) is 0 Å². The van der Waals surface area contributed by atoms with E-state index in [9.17, 15) is 14.0 Å². The standard InChI is InChI=1S/C14H13FN2O2/c1-17-8-13(16-9-17)14(19)7-12(18)6-10-2-4-11(15)5-3-10/h2-5,8-9H,6-7H2,1H3. The van der Waals surface area contributed by atoms with Gasteiger partial charge < -0.3 is 4.57 Å². The summed E-state index contributed by atoms with van der Waals surface area (Å²) in [5, 5.41) is 0. The Kier molecular flexibility index (Phi) is 3.85. The van der Waals surface area contributed by atoms with Gasteiger partial charge in [-0.1, -0.05) is 12.1 Å². The van der Waals surface area contributed by atoms with Crippen LogP contribution in [0.15, 0.2) is 36.8 Å². The van der Waals surface area contributed by atoms with Crippen LogP contribution in [0.25, 0.3) is 0 Å². The van der Waals surface area contributed by atoms with E-state index in [1.807, 2.05) is 0 Å². The van der Waals surface area contributed by atoms with Gasteiger partial charge in [-0.15, -0.1) is 0 Å². The number of carbonyl (C=O) groups is 2. The largest absolute Gasteiger partial charge is 0.340 e. The van der Waals surface area contributed by atoms with Crippen molar-refractivity contribution >= 4 is 11.6 Å². The van der Waals surface area contributed by atoms with Gasteiger partial charge in [-0.05, 0) is 17.7 Å². The summed E-state index contributed by atoms with van der Waals surface area (Å²) >= 11 is 0. The van der Waals surface area contributed by atoms with E-state index in [-0.39, 0.29) is 35.9 Å². The Morgan fingerprint density at radius 2 is 1.95 bits per heavy atom. The molecule has 0 aliphatic rings. The molecular formula is C14H13FN2O2. The Hall–Kier alpha value is -2.30. The molecule has 0 unspecified atom stereocenters. The van der Waals surface area contributed by atoms with Crippen LogP contribution in [0.1, 0.15) is 22.5 Å². The number of aryl methyl sites for hydroxylation is 1. The van der Waals surface area contributed by atoms with Crippen LogP contribution >= 0.6 is 0 Å². The van der Waals surface area contributed by atoms with Gasteiger partial charge in [-0.3, -0.25) is 9.59 Å². The van der Waals surface area contributed by atoms with Gasteiger partial charge in [-0.25, -0.2) is 9.37 Å². The minimum atomic E-state index is -0.347. The SMILES string of the molecule is Cn1cnc(C(=O)CC(=O)Cc2ccc(F)cc2)c1. The lowest BCUT2D eigenvalue weighted by Gasteiger charge is -2.00. The fraction of sp³-hybridized carbons (Fsp3) is 0.214. The molecule has 2 aromatic rings. The molecule has 0 aliphatic carbocycles. The fourth-order valence-corrected chi connectivity index (χ4v) is 1.72. The molecule has 0 atom stereocenters. The van der Waals surface area contributed by atoms with Crippen molar-refractivity contribution < 1.29 is 14.0 Å². The zero-order chi connectivity index (χ0) is 13.8. The van der Waals surface area contributed by atoms with Crippen LogP contribution in [0.3, 0.4) is 0 Å². The number of imidazole rings is 1. The monoisotopic (exact) mass is 260 g/mol. The molecule has 0 radical (unpaired) electrons. The third kappa shape index (κ3) is 3.58. The number of ketones is 2. The van der Waals surface area contributed by atoms with Gasteiger partial charge in [0, 0.05) is 19.7 Å². The van der Waals surface area contributed by atoms with E-state index in [4.69, 9.17) is 0 Å². The molecule has 0 bridgehead atoms. The average Bonchev–Trinajstić information content (AvgIpc) is 2.79. The van der Waals surface area contributed by atoms with Crippen LogP contribution in [-0.2, 0) is 18.3 Å². The fourth-order valence-electron chi connectivity index (χ4n) is 1.72. The quantitative estimate of drug-likeness (QED) is 0.610. The molecule has 0 saturated heterocycles. The first-order valence-electron chi connectivity index (χ1n) is 5.82. The molecule has 1 heterocycles. The van der Waals surface area contributed by atoms with E-state index in [1.54, 1.807) is 29.9 Å². The molecule has 4 nitrogen and oxygen atoms in total. The smallest absolute Gasteiger partial charge is 0.190 e. The van der Waals surface area contributed by atoms with E-state index < -0.39 is 0 Å². The molecule has 5 heteroatoms. The van der Waals surface area contributed by atoms with Crippen molar-refractivity contribution in [3.63, 3.8) is 0 Å². The summed E-state index contributed by atoms with van der Waals surface area (Å²) in [7, 11) is 1.75. The lowest BCUT2D eigenvalue weighted by atomic mass is 10.0. The van der Waals surface area contributed by atoms with Crippen molar-refractivity contribution in [2.45, 2.75) is 12.8 Å². The van der Waals surface area contributed by atoms with Crippen molar-refractivity contribution in [2.24, 2.45) is 7.05 Å². The van der Waals surface area contributed by atoms with Crippen molar-refractivity contribution in [2.75, 3.05) is 0 Å². The summed E-state index contributed by atoms with van der Waals surface area (Å²) < 4.78 is 14.4. The Morgan fingerprint density at radius 1 is 1.26 bits per heavy atom. The molecular weight excluding hydrogens is 247 g/mol. The van der Waals surface area contributed by atoms with Gasteiger partial charge in [0.1, 0.15) is 17.3 Å². The van der Waals surface area contributed by atoms with Crippen LogP contribution in [0, 0.1) is 5.82 Å². The van der Waals surface area contributed by atoms with Crippen LogP contribution in [0.5, 0.6) is 0 Å². The summed E-state index contributed by atoms with van der Waals surface area (Å²) in [6, 6.07) is 5.67. The van der Waals surface area contributed by atoms with Crippen molar-refractivity contribution in [3.8, 4) is 0 Å². The van der Waals surface area contributed by atoms with E-state index in [2.05, 4.69) is 4.98 Å². The molecule has 98 valence electrons. The van der Waals surface area contributed by atoms with E-state index in [1.165, 1.54) is 18.5 Å². The topological polar surface area (TPSA) is 52.0 Å². The summed E-state index contributed by atoms with van der Waals surface area (Å²) in [5.74, 6) is -0.851. The highest BCUT2D eigenvalue weighted by atomic mass is 19.1. The van der Waals surface area contributed by atoms with E-state index in [0.717, 1.165) is 0 Å². The highest BCUT2D eigenvalue weighted by Crippen LogP contribution is 2.07. The Bertz CT molecular complexity index is 602. The van der Waals surface area contributed by atoms with Gasteiger partial charge in [0.2, 0.25) is 0 Å². The van der Waals surface area contributed by atoms with Gasteiger partial charge in [0.25, 0.3) is 0 Å². The summed E-state index contributed by atoms with van der Waals surface area (Å²) in [6.07, 6.45) is 3.03. The van der Waals surface area contributed by atoms with Gasteiger partial charge in [0.05, 0.1) is 12.7 Å². The number of carbonyl (C=O) groups excluding carboxylic acids is 2. The summed E-state index contributed by atoms with van der Waals surface area (Å²) in [5.41, 5.74) is 0.982. The van der Waals surface area contributed by atoms with Crippen LogP contribution in [0.2, 0.25) is 0 Å². The van der Waals surface area contributed by atoms with Gasteiger partial charge >= 0.3 is 0 Å². The maximum absolute atomic E-state index is 12.7. The number of hydrogen-bond donors (Lipinski definition) is 0. The molecule has 0 saturated carbocycles. The highest BCUT2D eigenvalue weighted by molar-refractivity contribution is 6.07.